The first-order valence-corrected chi connectivity index (χ1v) is 15.4. The van der Waals surface area contributed by atoms with Gasteiger partial charge in [0.1, 0.15) is 23.9 Å². The summed E-state index contributed by atoms with van der Waals surface area (Å²) >= 11 is 0. The Balaban J connectivity index is 1.50. The summed E-state index contributed by atoms with van der Waals surface area (Å²) in [5.74, 6) is -3.70. The number of hydrogen-bond donors (Lipinski definition) is 4. The van der Waals surface area contributed by atoms with Gasteiger partial charge in [-0.3, -0.25) is 4.79 Å². The standard InChI is InChI=1S/C32H43NO11/c1-15(34)44-32-20-17(12-30(38,27(42-5)25(32)36)26(20)43-28(37)16-9-7-6-8-10-16)31-19(40-3)11-18(35)29(14-39-2)13-33-24(31)21(32)22(41-4)23(29)31/h6-10,17-27,33,35-36,38H,11-14H2,1-5H3/t17?,18?,19?,20?,21?,22-,23?,24?,25+,26-,27+,29?,30-,31?,32-/m1/s1. The summed E-state index contributed by atoms with van der Waals surface area (Å²) in [5.41, 5.74) is -4.81. The van der Waals surface area contributed by atoms with Crippen molar-refractivity contribution in [1.29, 1.82) is 0 Å². The minimum absolute atomic E-state index is 0.0693. The molecule has 9 unspecified atom stereocenters. The van der Waals surface area contributed by atoms with E-state index < -0.39 is 94.4 Å². The summed E-state index contributed by atoms with van der Waals surface area (Å²) in [6, 6.07) is 8.08. The molecule has 12 nitrogen and oxygen atoms in total. The molecule has 4 N–H and O–H groups in total. The quantitative estimate of drug-likeness (QED) is 0.288. The number of aliphatic hydroxyl groups excluding tert-OH is 2. The van der Waals surface area contributed by atoms with Gasteiger partial charge in [0.05, 0.1) is 30.5 Å². The van der Waals surface area contributed by atoms with Gasteiger partial charge in [-0.25, -0.2) is 4.79 Å². The summed E-state index contributed by atoms with van der Waals surface area (Å²) in [4.78, 5) is 26.7. The fourth-order valence-corrected chi connectivity index (χ4v) is 11.7. The maximum atomic E-state index is 13.6. The highest BCUT2D eigenvalue weighted by atomic mass is 16.6. The molecule has 15 atom stereocenters. The van der Waals surface area contributed by atoms with Crippen LogP contribution < -0.4 is 5.32 Å². The monoisotopic (exact) mass is 617 g/mol. The van der Waals surface area contributed by atoms with Gasteiger partial charge in [-0.05, 0) is 24.5 Å². The van der Waals surface area contributed by atoms with Crippen LogP contribution in [0.2, 0.25) is 0 Å². The van der Waals surface area contributed by atoms with E-state index in [0.717, 1.165) is 0 Å². The molecule has 0 radical (unpaired) electrons. The minimum Gasteiger partial charge on any atom is -0.455 e. The lowest BCUT2D eigenvalue weighted by molar-refractivity contribution is -0.310. The fraction of sp³-hybridized carbons (Fsp3) is 0.750. The maximum absolute atomic E-state index is 13.6. The molecule has 12 heteroatoms. The van der Waals surface area contributed by atoms with Crippen LogP contribution >= 0.6 is 0 Å². The normalized spacial score (nSPS) is 51.1. The first-order chi connectivity index (χ1) is 21.0. The second-order valence-corrected chi connectivity index (χ2v) is 13.8. The molecule has 0 aromatic heterocycles. The fourth-order valence-electron chi connectivity index (χ4n) is 11.7. The lowest BCUT2D eigenvalue weighted by atomic mass is 9.43. The Bertz CT molecular complexity index is 1310. The number of carbonyl (C=O) groups is 2. The van der Waals surface area contributed by atoms with E-state index in [1.807, 2.05) is 0 Å². The number of fused-ring (bicyclic) bond motifs is 2. The number of aliphatic hydroxyl groups is 3. The van der Waals surface area contributed by atoms with Crippen LogP contribution in [0.1, 0.15) is 30.1 Å². The number of ether oxygens (including phenoxy) is 6. The summed E-state index contributed by atoms with van der Waals surface area (Å²) < 4.78 is 36.9. The SMILES string of the molecule is COCC12CNC3C4[C@@H](OC)C1C3(C(OC)CC2O)C1C[C@@]2(O)[C@H](OC(=O)c3ccccc3)C1[C@]4(OC(C)=O)[C@@H](O)[C@@H]2OC. The van der Waals surface area contributed by atoms with Gasteiger partial charge in [0.15, 0.2) is 5.60 Å². The summed E-state index contributed by atoms with van der Waals surface area (Å²) in [6.45, 7) is 1.91. The molecular weight excluding hydrogens is 574 g/mol. The minimum atomic E-state index is -1.83. The molecule has 5 aliphatic carbocycles. The first kappa shape index (κ1) is 30.5. The lowest BCUT2D eigenvalue weighted by Crippen LogP contribution is -2.81. The topological polar surface area (TPSA) is 162 Å². The molecular formula is C32H43NO11. The van der Waals surface area contributed by atoms with E-state index in [-0.39, 0.29) is 18.9 Å². The largest absolute Gasteiger partial charge is 0.455 e. The molecule has 0 amide bonds. The van der Waals surface area contributed by atoms with Gasteiger partial charge in [-0.1, -0.05) is 18.2 Å². The molecule has 6 aliphatic rings. The van der Waals surface area contributed by atoms with Crippen LogP contribution in [0, 0.1) is 34.5 Å². The molecule has 7 rings (SSSR count). The number of benzene rings is 1. The third kappa shape index (κ3) is 3.36. The van der Waals surface area contributed by atoms with E-state index >= 15 is 0 Å². The number of nitrogens with one attached hydrogen (secondary N) is 1. The molecule has 1 aromatic carbocycles. The van der Waals surface area contributed by atoms with Gasteiger partial charge in [-0.15, -0.1) is 0 Å². The highest BCUT2D eigenvalue weighted by Crippen LogP contribution is 2.79. The van der Waals surface area contributed by atoms with E-state index in [2.05, 4.69) is 5.32 Å². The van der Waals surface area contributed by atoms with Crippen molar-refractivity contribution in [3.8, 4) is 0 Å². The second-order valence-electron chi connectivity index (χ2n) is 13.8. The summed E-state index contributed by atoms with van der Waals surface area (Å²) in [5, 5.41) is 40.4. The molecule has 1 spiro atoms. The maximum Gasteiger partial charge on any atom is 0.338 e. The Hall–Kier alpha value is -2.16. The predicted octanol–water partition coefficient (Wildman–Crippen LogP) is -0.0842. The molecule has 1 heterocycles. The number of hydrogen-bond acceptors (Lipinski definition) is 12. The molecule has 242 valence electrons. The van der Waals surface area contributed by atoms with E-state index in [9.17, 15) is 24.9 Å². The first-order valence-electron chi connectivity index (χ1n) is 15.4. The number of carbonyl (C=O) groups excluding carboxylic acids is 2. The van der Waals surface area contributed by atoms with Crippen LogP contribution in [0.3, 0.4) is 0 Å². The number of rotatable bonds is 8. The van der Waals surface area contributed by atoms with Crippen LogP contribution in [0.5, 0.6) is 0 Å². The highest BCUT2D eigenvalue weighted by molar-refractivity contribution is 5.89. The third-order valence-electron chi connectivity index (χ3n) is 12.6. The number of methoxy groups -OCH3 is 4. The smallest absolute Gasteiger partial charge is 0.338 e. The lowest BCUT2D eigenvalue weighted by Gasteiger charge is -2.68. The predicted molar refractivity (Wildman–Crippen MR) is 151 cm³/mol. The molecule has 1 saturated heterocycles. The zero-order valence-corrected chi connectivity index (χ0v) is 25.7. The van der Waals surface area contributed by atoms with Gasteiger partial charge >= 0.3 is 11.9 Å². The Morgan fingerprint density at radius 2 is 1.73 bits per heavy atom. The van der Waals surface area contributed by atoms with Crippen LogP contribution in [-0.2, 0) is 33.2 Å². The van der Waals surface area contributed by atoms with Crippen molar-refractivity contribution in [1.82, 2.24) is 5.32 Å². The van der Waals surface area contributed by atoms with Crippen LogP contribution in [0.4, 0.5) is 0 Å². The molecule has 44 heavy (non-hydrogen) atoms. The van der Waals surface area contributed by atoms with E-state index in [1.165, 1.54) is 14.0 Å². The zero-order chi connectivity index (χ0) is 31.4. The zero-order valence-electron chi connectivity index (χ0n) is 25.7. The average molecular weight is 618 g/mol. The van der Waals surface area contributed by atoms with Gasteiger partial charge in [-0.2, -0.15) is 0 Å². The van der Waals surface area contributed by atoms with Gasteiger partial charge < -0.3 is 49.1 Å². The number of piperidine rings is 1. The van der Waals surface area contributed by atoms with Crippen molar-refractivity contribution in [2.45, 2.75) is 73.6 Å². The highest BCUT2D eigenvalue weighted by Gasteiger charge is 2.91. The van der Waals surface area contributed by atoms with Crippen molar-refractivity contribution in [2.75, 3.05) is 41.6 Å². The van der Waals surface area contributed by atoms with Gasteiger partial charge in [0.2, 0.25) is 0 Å². The summed E-state index contributed by atoms with van der Waals surface area (Å²) in [7, 11) is 6.18. The van der Waals surface area contributed by atoms with Crippen molar-refractivity contribution in [3.05, 3.63) is 35.9 Å². The van der Waals surface area contributed by atoms with Crippen molar-refractivity contribution >= 4 is 11.9 Å². The van der Waals surface area contributed by atoms with Crippen molar-refractivity contribution in [2.24, 2.45) is 34.5 Å². The van der Waals surface area contributed by atoms with Crippen molar-refractivity contribution in [3.63, 3.8) is 0 Å². The molecule has 5 saturated carbocycles. The Kier molecular flexibility index (Phi) is 7.05. The Morgan fingerprint density at radius 1 is 1.00 bits per heavy atom. The van der Waals surface area contributed by atoms with E-state index in [0.29, 0.717) is 18.5 Å². The molecule has 1 aromatic rings. The molecule has 7 bridgehead atoms. The second kappa shape index (κ2) is 10.2. The Labute approximate surface area is 256 Å². The van der Waals surface area contributed by atoms with E-state index in [1.54, 1.807) is 51.7 Å². The molecule has 1 aliphatic heterocycles. The Morgan fingerprint density at radius 3 is 2.34 bits per heavy atom. The van der Waals surface area contributed by atoms with Crippen LogP contribution in [0.15, 0.2) is 30.3 Å². The van der Waals surface area contributed by atoms with Crippen LogP contribution in [0.25, 0.3) is 0 Å². The van der Waals surface area contributed by atoms with Gasteiger partial charge in [0, 0.05) is 83.0 Å². The summed E-state index contributed by atoms with van der Waals surface area (Å²) in [6.07, 6.45) is -5.53. The van der Waals surface area contributed by atoms with Crippen LogP contribution in [-0.4, -0.2) is 123 Å². The van der Waals surface area contributed by atoms with E-state index in [4.69, 9.17) is 28.4 Å². The van der Waals surface area contributed by atoms with Crippen molar-refractivity contribution < 1.29 is 53.3 Å². The van der Waals surface area contributed by atoms with Gasteiger partial charge in [0.25, 0.3) is 0 Å². The number of esters is 2. The average Bonchev–Trinajstić information content (AvgIpc) is 3.35. The third-order valence-corrected chi connectivity index (χ3v) is 12.6. The molecule has 6 fully saturated rings.